The lowest BCUT2D eigenvalue weighted by atomic mass is 9.99. The molecule has 0 bridgehead atoms. The zero-order valence-corrected chi connectivity index (χ0v) is 12.4. The van der Waals surface area contributed by atoms with Crippen molar-refractivity contribution in [3.8, 4) is 0 Å². The van der Waals surface area contributed by atoms with Gasteiger partial charge >= 0.3 is 0 Å². The summed E-state index contributed by atoms with van der Waals surface area (Å²) in [7, 11) is 0. The number of hydrogen-bond donors (Lipinski definition) is 1. The van der Waals surface area contributed by atoms with Gasteiger partial charge in [0.05, 0.1) is 6.61 Å². The van der Waals surface area contributed by atoms with E-state index in [4.69, 9.17) is 4.74 Å². The number of piperazine rings is 1. The summed E-state index contributed by atoms with van der Waals surface area (Å²) in [6, 6.07) is 12.1. The van der Waals surface area contributed by atoms with Gasteiger partial charge in [-0.15, -0.1) is 0 Å². The molecule has 110 valence electrons. The average molecular weight is 274 g/mol. The molecule has 0 amide bonds. The molecule has 0 radical (unpaired) electrons. The molecule has 1 aromatic carbocycles. The van der Waals surface area contributed by atoms with Gasteiger partial charge in [0.1, 0.15) is 0 Å². The van der Waals surface area contributed by atoms with E-state index in [1.54, 1.807) is 0 Å². The SMILES string of the molecule is CCOCCN1CC(C2CC2)NCC1c1ccccc1. The third kappa shape index (κ3) is 3.40. The van der Waals surface area contributed by atoms with Crippen LogP contribution in [0.2, 0.25) is 0 Å². The molecule has 2 unspecified atom stereocenters. The molecule has 0 aromatic heterocycles. The molecule has 1 aromatic rings. The van der Waals surface area contributed by atoms with Crippen LogP contribution in [-0.4, -0.2) is 43.8 Å². The highest BCUT2D eigenvalue weighted by molar-refractivity contribution is 5.20. The Morgan fingerprint density at radius 3 is 2.75 bits per heavy atom. The molecule has 1 aliphatic carbocycles. The van der Waals surface area contributed by atoms with Gasteiger partial charge in [-0.1, -0.05) is 30.3 Å². The van der Waals surface area contributed by atoms with Crippen LogP contribution in [0.25, 0.3) is 0 Å². The van der Waals surface area contributed by atoms with Gasteiger partial charge in [0.15, 0.2) is 0 Å². The third-order valence-corrected chi connectivity index (χ3v) is 4.55. The van der Waals surface area contributed by atoms with E-state index in [0.717, 1.165) is 38.8 Å². The van der Waals surface area contributed by atoms with Crippen molar-refractivity contribution in [2.75, 3.05) is 32.8 Å². The maximum absolute atomic E-state index is 5.57. The van der Waals surface area contributed by atoms with Crippen LogP contribution in [0.15, 0.2) is 30.3 Å². The van der Waals surface area contributed by atoms with Gasteiger partial charge in [0.25, 0.3) is 0 Å². The van der Waals surface area contributed by atoms with E-state index in [0.29, 0.717) is 12.1 Å². The smallest absolute Gasteiger partial charge is 0.0593 e. The second kappa shape index (κ2) is 6.70. The number of benzene rings is 1. The molecule has 1 heterocycles. The van der Waals surface area contributed by atoms with Gasteiger partial charge in [-0.2, -0.15) is 0 Å². The van der Waals surface area contributed by atoms with Gasteiger partial charge in [-0.25, -0.2) is 0 Å². The highest BCUT2D eigenvalue weighted by atomic mass is 16.5. The number of nitrogens with one attached hydrogen (secondary N) is 1. The Bertz CT molecular complexity index is 405. The molecule has 20 heavy (non-hydrogen) atoms. The lowest BCUT2D eigenvalue weighted by molar-refractivity contribution is 0.0667. The highest BCUT2D eigenvalue weighted by Crippen LogP contribution is 2.36. The normalized spacial score (nSPS) is 27.6. The number of nitrogens with zero attached hydrogens (tertiary/aromatic N) is 1. The summed E-state index contributed by atoms with van der Waals surface area (Å²) >= 11 is 0. The Morgan fingerprint density at radius 2 is 2.05 bits per heavy atom. The van der Waals surface area contributed by atoms with Gasteiger partial charge in [0, 0.05) is 38.3 Å². The van der Waals surface area contributed by atoms with Crippen LogP contribution in [0.5, 0.6) is 0 Å². The van der Waals surface area contributed by atoms with Crippen molar-refractivity contribution < 1.29 is 4.74 Å². The Balaban J connectivity index is 1.66. The summed E-state index contributed by atoms with van der Waals surface area (Å²) < 4.78 is 5.57. The van der Waals surface area contributed by atoms with E-state index >= 15 is 0 Å². The topological polar surface area (TPSA) is 24.5 Å². The van der Waals surface area contributed by atoms with Crippen molar-refractivity contribution in [2.45, 2.75) is 31.8 Å². The minimum atomic E-state index is 0.492. The summed E-state index contributed by atoms with van der Waals surface area (Å²) in [4.78, 5) is 2.62. The Morgan fingerprint density at radius 1 is 1.25 bits per heavy atom. The van der Waals surface area contributed by atoms with Crippen LogP contribution in [0.1, 0.15) is 31.4 Å². The van der Waals surface area contributed by atoms with E-state index < -0.39 is 0 Å². The van der Waals surface area contributed by atoms with Crippen molar-refractivity contribution in [2.24, 2.45) is 5.92 Å². The number of ether oxygens (including phenoxy) is 1. The van der Waals surface area contributed by atoms with Gasteiger partial charge < -0.3 is 10.1 Å². The molecule has 2 atom stereocenters. The predicted octanol–water partition coefficient (Wildman–Crippen LogP) is 2.45. The van der Waals surface area contributed by atoms with Crippen LogP contribution in [0, 0.1) is 5.92 Å². The predicted molar refractivity (Wildman–Crippen MR) is 81.8 cm³/mol. The minimum Gasteiger partial charge on any atom is -0.380 e. The Hall–Kier alpha value is -0.900. The molecule has 2 aliphatic rings. The summed E-state index contributed by atoms with van der Waals surface area (Å²) in [5, 5.41) is 3.77. The largest absolute Gasteiger partial charge is 0.380 e. The Labute approximate surface area is 122 Å². The molecule has 1 aliphatic heterocycles. The van der Waals surface area contributed by atoms with E-state index in [2.05, 4.69) is 47.5 Å². The quantitative estimate of drug-likeness (QED) is 0.806. The van der Waals surface area contributed by atoms with Gasteiger partial charge in [-0.05, 0) is 31.2 Å². The maximum atomic E-state index is 5.57. The molecule has 0 spiro atoms. The van der Waals surface area contributed by atoms with Crippen LogP contribution in [-0.2, 0) is 4.74 Å². The molecular weight excluding hydrogens is 248 g/mol. The van der Waals surface area contributed by atoms with Gasteiger partial charge in [0.2, 0.25) is 0 Å². The average Bonchev–Trinajstić information content (AvgIpc) is 3.33. The van der Waals surface area contributed by atoms with Crippen molar-refractivity contribution in [3.63, 3.8) is 0 Å². The first-order valence-corrected chi connectivity index (χ1v) is 7.98. The molecule has 1 N–H and O–H groups in total. The molecule has 3 heteroatoms. The molecular formula is C17H26N2O. The van der Waals surface area contributed by atoms with Crippen LogP contribution < -0.4 is 5.32 Å². The molecule has 1 saturated heterocycles. The van der Waals surface area contributed by atoms with Crippen LogP contribution in [0.3, 0.4) is 0 Å². The maximum Gasteiger partial charge on any atom is 0.0593 e. The molecule has 1 saturated carbocycles. The monoisotopic (exact) mass is 274 g/mol. The molecule has 2 fully saturated rings. The summed E-state index contributed by atoms with van der Waals surface area (Å²) in [6.45, 7) is 7.00. The fraction of sp³-hybridized carbons (Fsp3) is 0.647. The zero-order chi connectivity index (χ0) is 13.8. The van der Waals surface area contributed by atoms with Crippen molar-refractivity contribution in [1.82, 2.24) is 10.2 Å². The Kier molecular flexibility index (Phi) is 4.71. The fourth-order valence-electron chi connectivity index (χ4n) is 3.23. The standard InChI is InChI=1S/C17H26N2O/c1-2-20-11-10-19-13-16(14-8-9-14)18-12-17(19)15-6-4-3-5-7-15/h3-7,14,16-18H,2,8-13H2,1H3. The lowest BCUT2D eigenvalue weighted by Crippen LogP contribution is -2.53. The minimum absolute atomic E-state index is 0.492. The van der Waals surface area contributed by atoms with Crippen molar-refractivity contribution in [1.29, 1.82) is 0 Å². The van der Waals surface area contributed by atoms with Crippen LogP contribution >= 0.6 is 0 Å². The first-order chi connectivity index (χ1) is 9.88. The molecule has 3 rings (SSSR count). The van der Waals surface area contributed by atoms with Crippen molar-refractivity contribution >= 4 is 0 Å². The lowest BCUT2D eigenvalue weighted by Gasteiger charge is -2.41. The van der Waals surface area contributed by atoms with Crippen LogP contribution in [0.4, 0.5) is 0 Å². The van der Waals surface area contributed by atoms with E-state index in [9.17, 15) is 0 Å². The second-order valence-electron chi connectivity index (χ2n) is 5.97. The van der Waals surface area contributed by atoms with Crippen molar-refractivity contribution in [3.05, 3.63) is 35.9 Å². The second-order valence-corrected chi connectivity index (χ2v) is 5.97. The molecule has 3 nitrogen and oxygen atoms in total. The first kappa shape index (κ1) is 14.1. The highest BCUT2D eigenvalue weighted by Gasteiger charge is 2.37. The fourth-order valence-corrected chi connectivity index (χ4v) is 3.23. The summed E-state index contributed by atoms with van der Waals surface area (Å²) in [5.74, 6) is 0.918. The zero-order valence-electron chi connectivity index (χ0n) is 12.4. The summed E-state index contributed by atoms with van der Waals surface area (Å²) in [5.41, 5.74) is 1.42. The van der Waals surface area contributed by atoms with E-state index in [1.165, 1.54) is 18.4 Å². The van der Waals surface area contributed by atoms with E-state index in [-0.39, 0.29) is 0 Å². The number of rotatable bonds is 6. The third-order valence-electron chi connectivity index (χ3n) is 4.55. The van der Waals surface area contributed by atoms with E-state index in [1.807, 2.05) is 0 Å². The summed E-state index contributed by atoms with van der Waals surface area (Å²) in [6.07, 6.45) is 2.82. The first-order valence-electron chi connectivity index (χ1n) is 7.98. The number of hydrogen-bond acceptors (Lipinski definition) is 3. The van der Waals surface area contributed by atoms with Gasteiger partial charge in [-0.3, -0.25) is 4.90 Å².